The van der Waals surface area contributed by atoms with Gasteiger partial charge in [-0.3, -0.25) is 0 Å². The van der Waals surface area contributed by atoms with Gasteiger partial charge in [0.2, 0.25) is 0 Å². The van der Waals surface area contributed by atoms with Gasteiger partial charge >= 0.3 is 0 Å². The maximum absolute atomic E-state index is 5.72. The number of ether oxygens (including phenoxy) is 1. The Morgan fingerprint density at radius 2 is 2.33 bits per heavy atom. The summed E-state index contributed by atoms with van der Waals surface area (Å²) >= 11 is 3.53. The van der Waals surface area contributed by atoms with Crippen LogP contribution in [-0.2, 0) is 4.74 Å². The highest BCUT2D eigenvalue weighted by Gasteiger charge is 2.22. The molecule has 1 heterocycles. The quantitative estimate of drug-likeness (QED) is 0.905. The lowest BCUT2D eigenvalue weighted by atomic mass is 9.99. The van der Waals surface area contributed by atoms with Gasteiger partial charge in [-0.1, -0.05) is 35.0 Å². The van der Waals surface area contributed by atoms with E-state index in [0.717, 1.165) is 30.3 Å². The minimum Gasteiger partial charge on any atom is -0.378 e. The molecule has 1 aliphatic heterocycles. The van der Waals surface area contributed by atoms with Crippen molar-refractivity contribution in [1.82, 2.24) is 5.32 Å². The molecule has 2 nitrogen and oxygen atoms in total. The summed E-state index contributed by atoms with van der Waals surface area (Å²) < 4.78 is 6.86. The first kappa shape index (κ1) is 14.0. The summed E-state index contributed by atoms with van der Waals surface area (Å²) in [5, 5.41) is 3.73. The van der Waals surface area contributed by atoms with Gasteiger partial charge < -0.3 is 10.1 Å². The van der Waals surface area contributed by atoms with E-state index in [1.807, 2.05) is 0 Å². The molecular weight excluding hydrogens is 290 g/mol. The SMILES string of the molecule is CCC1CC(N[C@@H](C)c2cccc(Br)c2)CCO1. The number of nitrogens with one attached hydrogen (secondary N) is 1. The third-order valence-electron chi connectivity index (χ3n) is 3.66. The van der Waals surface area contributed by atoms with Crippen molar-refractivity contribution >= 4 is 15.9 Å². The van der Waals surface area contributed by atoms with Gasteiger partial charge in [0.05, 0.1) is 6.10 Å². The number of hydrogen-bond acceptors (Lipinski definition) is 2. The van der Waals surface area contributed by atoms with Gasteiger partial charge in [-0.15, -0.1) is 0 Å². The molecule has 3 atom stereocenters. The lowest BCUT2D eigenvalue weighted by Gasteiger charge is -2.32. The molecule has 0 aromatic heterocycles. The zero-order valence-electron chi connectivity index (χ0n) is 11.2. The fraction of sp³-hybridized carbons (Fsp3) is 0.600. The lowest BCUT2D eigenvalue weighted by molar-refractivity contribution is -0.00165. The molecule has 1 saturated heterocycles. The minimum absolute atomic E-state index is 0.392. The minimum atomic E-state index is 0.392. The maximum atomic E-state index is 5.72. The summed E-state index contributed by atoms with van der Waals surface area (Å²) in [6, 6.07) is 9.50. The van der Waals surface area contributed by atoms with Crippen LogP contribution in [0.5, 0.6) is 0 Å². The first-order chi connectivity index (χ1) is 8.69. The normalized spacial score (nSPS) is 25.9. The van der Waals surface area contributed by atoms with E-state index in [2.05, 4.69) is 59.4 Å². The van der Waals surface area contributed by atoms with Crippen LogP contribution in [0.2, 0.25) is 0 Å². The summed E-state index contributed by atoms with van der Waals surface area (Å²) in [6.07, 6.45) is 3.80. The summed E-state index contributed by atoms with van der Waals surface area (Å²) in [5.41, 5.74) is 1.34. The van der Waals surface area contributed by atoms with Crippen LogP contribution >= 0.6 is 15.9 Å². The predicted octanol–water partition coefficient (Wildman–Crippen LogP) is 4.06. The fourth-order valence-corrected chi connectivity index (χ4v) is 2.96. The van der Waals surface area contributed by atoms with Crippen LogP contribution in [0.4, 0.5) is 0 Å². The van der Waals surface area contributed by atoms with Crippen molar-refractivity contribution in [3.05, 3.63) is 34.3 Å². The Labute approximate surface area is 118 Å². The molecular formula is C15H22BrNO. The molecule has 1 aliphatic rings. The molecule has 1 aromatic carbocycles. The van der Waals surface area contributed by atoms with E-state index >= 15 is 0 Å². The summed E-state index contributed by atoms with van der Waals surface area (Å²) in [7, 11) is 0. The summed E-state index contributed by atoms with van der Waals surface area (Å²) in [5.74, 6) is 0. The van der Waals surface area contributed by atoms with Crippen molar-refractivity contribution in [3.8, 4) is 0 Å². The molecule has 1 aromatic rings. The molecule has 0 aliphatic carbocycles. The van der Waals surface area contributed by atoms with E-state index in [4.69, 9.17) is 4.74 Å². The van der Waals surface area contributed by atoms with Gasteiger partial charge in [-0.05, 0) is 43.9 Å². The Kier molecular flexibility index (Phi) is 5.22. The third kappa shape index (κ3) is 3.81. The third-order valence-corrected chi connectivity index (χ3v) is 4.15. The van der Waals surface area contributed by atoms with Gasteiger partial charge in [-0.25, -0.2) is 0 Å². The van der Waals surface area contributed by atoms with Crippen LogP contribution in [0.3, 0.4) is 0 Å². The van der Waals surface area contributed by atoms with Crippen molar-refractivity contribution in [2.75, 3.05) is 6.61 Å². The van der Waals surface area contributed by atoms with Crippen molar-refractivity contribution in [2.24, 2.45) is 0 Å². The molecule has 1 N–H and O–H groups in total. The predicted molar refractivity (Wildman–Crippen MR) is 78.7 cm³/mol. The second kappa shape index (κ2) is 6.69. The van der Waals surface area contributed by atoms with Crippen molar-refractivity contribution in [3.63, 3.8) is 0 Å². The average molecular weight is 312 g/mol. The van der Waals surface area contributed by atoms with E-state index in [9.17, 15) is 0 Å². The Morgan fingerprint density at radius 3 is 3.06 bits per heavy atom. The van der Waals surface area contributed by atoms with Crippen LogP contribution in [0, 0.1) is 0 Å². The van der Waals surface area contributed by atoms with E-state index in [0.29, 0.717) is 18.2 Å². The molecule has 2 unspecified atom stereocenters. The number of rotatable bonds is 4. The van der Waals surface area contributed by atoms with Crippen LogP contribution in [-0.4, -0.2) is 18.8 Å². The number of benzene rings is 1. The van der Waals surface area contributed by atoms with Crippen molar-refractivity contribution in [2.45, 2.75) is 51.3 Å². The molecule has 0 bridgehead atoms. The van der Waals surface area contributed by atoms with Crippen molar-refractivity contribution < 1.29 is 4.74 Å². The monoisotopic (exact) mass is 311 g/mol. The molecule has 0 spiro atoms. The van der Waals surface area contributed by atoms with Gasteiger partial charge in [-0.2, -0.15) is 0 Å². The maximum Gasteiger partial charge on any atom is 0.0587 e. The highest BCUT2D eigenvalue weighted by Crippen LogP contribution is 2.22. The fourth-order valence-electron chi connectivity index (χ4n) is 2.54. The molecule has 0 amide bonds. The number of hydrogen-bond donors (Lipinski definition) is 1. The second-order valence-corrected chi connectivity index (χ2v) is 5.98. The van der Waals surface area contributed by atoms with Crippen LogP contribution < -0.4 is 5.32 Å². The van der Waals surface area contributed by atoms with E-state index in [-0.39, 0.29) is 0 Å². The highest BCUT2D eigenvalue weighted by molar-refractivity contribution is 9.10. The molecule has 1 fully saturated rings. The Balaban J connectivity index is 1.92. The smallest absolute Gasteiger partial charge is 0.0587 e. The topological polar surface area (TPSA) is 21.3 Å². The number of halogens is 1. The molecule has 18 heavy (non-hydrogen) atoms. The molecule has 100 valence electrons. The van der Waals surface area contributed by atoms with Gasteiger partial charge in [0.15, 0.2) is 0 Å². The summed E-state index contributed by atoms with van der Waals surface area (Å²) in [4.78, 5) is 0. The summed E-state index contributed by atoms with van der Waals surface area (Å²) in [6.45, 7) is 5.32. The van der Waals surface area contributed by atoms with Gasteiger partial charge in [0.25, 0.3) is 0 Å². The first-order valence-electron chi connectivity index (χ1n) is 6.82. The highest BCUT2D eigenvalue weighted by atomic mass is 79.9. The molecule has 3 heteroatoms. The van der Waals surface area contributed by atoms with Crippen molar-refractivity contribution in [1.29, 1.82) is 0 Å². The van der Waals surface area contributed by atoms with Crippen LogP contribution in [0.25, 0.3) is 0 Å². The standard InChI is InChI=1S/C15H22BrNO/c1-3-15-10-14(7-8-18-15)17-11(2)12-5-4-6-13(16)9-12/h4-6,9,11,14-15,17H,3,7-8,10H2,1-2H3/t11-,14?,15?/m0/s1. The van der Waals surface area contributed by atoms with Gasteiger partial charge in [0.1, 0.15) is 0 Å². The molecule has 0 radical (unpaired) electrons. The zero-order chi connectivity index (χ0) is 13.0. The Morgan fingerprint density at radius 1 is 1.50 bits per heavy atom. The first-order valence-corrected chi connectivity index (χ1v) is 7.61. The van der Waals surface area contributed by atoms with E-state index in [1.54, 1.807) is 0 Å². The molecule has 2 rings (SSSR count). The van der Waals surface area contributed by atoms with E-state index < -0.39 is 0 Å². The van der Waals surface area contributed by atoms with E-state index in [1.165, 1.54) is 5.56 Å². The Bertz CT molecular complexity index is 383. The zero-order valence-corrected chi connectivity index (χ0v) is 12.7. The largest absolute Gasteiger partial charge is 0.378 e. The Hall–Kier alpha value is -0.380. The molecule has 0 saturated carbocycles. The van der Waals surface area contributed by atoms with Crippen LogP contribution in [0.15, 0.2) is 28.7 Å². The lowest BCUT2D eigenvalue weighted by Crippen LogP contribution is -2.39. The van der Waals surface area contributed by atoms with Crippen LogP contribution in [0.1, 0.15) is 44.7 Å². The second-order valence-electron chi connectivity index (χ2n) is 5.07. The van der Waals surface area contributed by atoms with Gasteiger partial charge in [0, 0.05) is 23.2 Å². The average Bonchev–Trinajstić information content (AvgIpc) is 2.39.